The average Bonchev–Trinajstić information content (AvgIpc) is 2.47. The predicted molar refractivity (Wildman–Crippen MR) is 103 cm³/mol. The van der Waals surface area contributed by atoms with Gasteiger partial charge in [0.15, 0.2) is 0 Å². The molecule has 0 fully saturated rings. The number of benzene rings is 2. The van der Waals surface area contributed by atoms with E-state index < -0.39 is 10.0 Å². The molecule has 7 heteroatoms. The molecule has 0 bridgehead atoms. The first-order valence-electron chi connectivity index (χ1n) is 7.72. The number of carbonyl (C=O) groups is 1. The zero-order valence-corrected chi connectivity index (χ0v) is 16.3. The minimum Gasteiger partial charge on any atom is -0.325 e. The molecule has 5 nitrogen and oxygen atoms in total. The molecule has 0 atom stereocenters. The molecular weight excluding hydrogens is 356 g/mol. The van der Waals surface area contributed by atoms with Crippen molar-refractivity contribution in [3.63, 3.8) is 0 Å². The van der Waals surface area contributed by atoms with Gasteiger partial charge in [-0.2, -0.15) is 0 Å². The quantitative estimate of drug-likeness (QED) is 0.781. The fourth-order valence-corrected chi connectivity index (χ4v) is 4.44. The topological polar surface area (TPSA) is 89.3 Å². The van der Waals surface area contributed by atoms with Gasteiger partial charge in [0, 0.05) is 10.6 Å². The molecule has 0 aromatic heterocycles. The Balaban J connectivity index is 2.09. The number of anilines is 1. The van der Waals surface area contributed by atoms with Crippen LogP contribution in [0.2, 0.25) is 0 Å². The van der Waals surface area contributed by atoms with E-state index in [0.29, 0.717) is 11.3 Å². The summed E-state index contributed by atoms with van der Waals surface area (Å²) in [6, 6.07) is 8.85. The highest BCUT2D eigenvalue weighted by molar-refractivity contribution is 8.00. The largest absolute Gasteiger partial charge is 0.325 e. The van der Waals surface area contributed by atoms with Crippen LogP contribution in [0, 0.1) is 27.7 Å². The highest BCUT2D eigenvalue weighted by Gasteiger charge is 2.14. The molecule has 0 heterocycles. The van der Waals surface area contributed by atoms with Gasteiger partial charge in [-0.3, -0.25) is 4.79 Å². The lowest BCUT2D eigenvalue weighted by Gasteiger charge is -2.12. The molecule has 134 valence electrons. The Bertz CT molecular complexity index is 899. The number of hydrogen-bond donors (Lipinski definition) is 2. The van der Waals surface area contributed by atoms with Crippen molar-refractivity contribution in [3.05, 3.63) is 52.6 Å². The Morgan fingerprint density at radius 3 is 2.20 bits per heavy atom. The SMILES string of the molecule is Cc1cc(C)c(SCC(=O)Nc2ccc(C)c(S(N)(=O)=O)c2)c(C)c1. The molecule has 2 aromatic carbocycles. The maximum atomic E-state index is 12.2. The minimum atomic E-state index is -3.82. The van der Waals surface area contributed by atoms with Gasteiger partial charge in [0.05, 0.1) is 10.6 Å². The van der Waals surface area contributed by atoms with E-state index in [1.807, 2.05) is 20.8 Å². The van der Waals surface area contributed by atoms with Crippen molar-refractivity contribution in [1.82, 2.24) is 0 Å². The predicted octanol–water partition coefficient (Wildman–Crippen LogP) is 3.30. The molecule has 0 saturated heterocycles. The van der Waals surface area contributed by atoms with E-state index >= 15 is 0 Å². The molecule has 1 amide bonds. The van der Waals surface area contributed by atoms with Crippen molar-refractivity contribution in [2.24, 2.45) is 5.14 Å². The molecule has 3 N–H and O–H groups in total. The summed E-state index contributed by atoms with van der Waals surface area (Å²) in [4.78, 5) is 13.3. The van der Waals surface area contributed by atoms with Crippen molar-refractivity contribution in [2.45, 2.75) is 37.5 Å². The lowest BCUT2D eigenvalue weighted by molar-refractivity contribution is -0.113. The van der Waals surface area contributed by atoms with Crippen molar-refractivity contribution in [3.8, 4) is 0 Å². The van der Waals surface area contributed by atoms with Gasteiger partial charge >= 0.3 is 0 Å². The van der Waals surface area contributed by atoms with Crippen molar-refractivity contribution in [2.75, 3.05) is 11.1 Å². The second kappa shape index (κ2) is 7.59. The van der Waals surface area contributed by atoms with Gasteiger partial charge in [-0.05, 0) is 56.5 Å². The van der Waals surface area contributed by atoms with Crippen LogP contribution < -0.4 is 10.5 Å². The number of aryl methyl sites for hydroxylation is 4. The lowest BCUT2D eigenvalue weighted by Crippen LogP contribution is -2.17. The monoisotopic (exact) mass is 378 g/mol. The van der Waals surface area contributed by atoms with Crippen LogP contribution >= 0.6 is 11.8 Å². The number of hydrogen-bond acceptors (Lipinski definition) is 4. The van der Waals surface area contributed by atoms with E-state index in [1.54, 1.807) is 19.1 Å². The Kier molecular flexibility index (Phi) is 5.92. The summed E-state index contributed by atoms with van der Waals surface area (Å²) in [6.07, 6.45) is 0. The van der Waals surface area contributed by atoms with E-state index in [4.69, 9.17) is 5.14 Å². The number of nitrogens with one attached hydrogen (secondary N) is 1. The van der Waals surface area contributed by atoms with Gasteiger partial charge in [0.2, 0.25) is 15.9 Å². The van der Waals surface area contributed by atoms with Crippen LogP contribution in [0.5, 0.6) is 0 Å². The summed E-state index contributed by atoms with van der Waals surface area (Å²) in [6.45, 7) is 7.75. The van der Waals surface area contributed by atoms with Gasteiger partial charge in [-0.1, -0.05) is 23.8 Å². The van der Waals surface area contributed by atoms with E-state index in [0.717, 1.165) is 16.0 Å². The molecule has 0 aliphatic rings. The highest BCUT2D eigenvalue weighted by Crippen LogP contribution is 2.28. The smallest absolute Gasteiger partial charge is 0.238 e. The first kappa shape index (κ1) is 19.5. The number of carbonyl (C=O) groups excluding carboxylic acids is 1. The first-order chi connectivity index (χ1) is 11.6. The Morgan fingerprint density at radius 2 is 1.64 bits per heavy atom. The summed E-state index contributed by atoms with van der Waals surface area (Å²) in [7, 11) is -3.82. The van der Waals surface area contributed by atoms with E-state index in [-0.39, 0.29) is 16.6 Å². The normalized spacial score (nSPS) is 11.4. The molecule has 25 heavy (non-hydrogen) atoms. The third-order valence-electron chi connectivity index (χ3n) is 3.73. The van der Waals surface area contributed by atoms with Crippen LogP contribution in [0.1, 0.15) is 22.3 Å². The van der Waals surface area contributed by atoms with Gasteiger partial charge in [-0.25, -0.2) is 13.6 Å². The minimum absolute atomic E-state index is 0.0168. The number of amides is 1. The average molecular weight is 379 g/mol. The number of rotatable bonds is 5. The molecule has 2 aromatic rings. The molecule has 2 rings (SSSR count). The molecule has 0 saturated carbocycles. The Labute approximate surface area is 153 Å². The lowest BCUT2D eigenvalue weighted by atomic mass is 10.1. The fraction of sp³-hybridized carbons (Fsp3) is 0.278. The molecule has 0 spiro atoms. The molecule has 0 unspecified atom stereocenters. The van der Waals surface area contributed by atoms with Crippen LogP contribution in [0.3, 0.4) is 0 Å². The van der Waals surface area contributed by atoms with E-state index in [1.165, 1.54) is 23.4 Å². The summed E-state index contributed by atoms with van der Waals surface area (Å²) in [5.74, 6) is 0.0390. The zero-order valence-electron chi connectivity index (χ0n) is 14.7. The van der Waals surface area contributed by atoms with Crippen LogP contribution in [-0.2, 0) is 14.8 Å². The second-order valence-corrected chi connectivity index (χ2v) is 8.61. The zero-order chi connectivity index (χ0) is 18.8. The highest BCUT2D eigenvalue weighted by atomic mass is 32.2. The van der Waals surface area contributed by atoms with Crippen molar-refractivity contribution < 1.29 is 13.2 Å². The van der Waals surface area contributed by atoms with Crippen LogP contribution in [0.15, 0.2) is 40.1 Å². The number of sulfonamides is 1. The maximum Gasteiger partial charge on any atom is 0.238 e. The molecular formula is C18H22N2O3S2. The number of thioether (sulfide) groups is 1. The molecule has 0 aliphatic heterocycles. The Hall–Kier alpha value is -1.83. The number of nitrogens with two attached hydrogens (primary N) is 1. The molecule has 0 radical (unpaired) electrons. The molecule has 0 aliphatic carbocycles. The van der Waals surface area contributed by atoms with Gasteiger partial charge in [0.1, 0.15) is 0 Å². The van der Waals surface area contributed by atoms with E-state index in [2.05, 4.69) is 17.4 Å². The maximum absolute atomic E-state index is 12.2. The summed E-state index contributed by atoms with van der Waals surface area (Å²) in [5.41, 5.74) is 4.43. The van der Waals surface area contributed by atoms with Crippen LogP contribution in [-0.4, -0.2) is 20.1 Å². The first-order valence-corrected chi connectivity index (χ1v) is 10.2. The third kappa shape index (κ3) is 5.07. The van der Waals surface area contributed by atoms with Crippen LogP contribution in [0.25, 0.3) is 0 Å². The van der Waals surface area contributed by atoms with Gasteiger partial charge in [-0.15, -0.1) is 11.8 Å². The van der Waals surface area contributed by atoms with E-state index in [9.17, 15) is 13.2 Å². The summed E-state index contributed by atoms with van der Waals surface area (Å²) < 4.78 is 23.1. The summed E-state index contributed by atoms with van der Waals surface area (Å²) >= 11 is 1.47. The second-order valence-electron chi connectivity index (χ2n) is 6.09. The standard InChI is InChI=1S/C18H22N2O3S2/c1-11-7-13(3)18(14(4)8-11)24-10-17(21)20-15-6-5-12(2)16(9-15)25(19,22)23/h5-9H,10H2,1-4H3,(H,20,21)(H2,19,22,23). The summed E-state index contributed by atoms with van der Waals surface area (Å²) in [5, 5.41) is 7.92. The van der Waals surface area contributed by atoms with Gasteiger partial charge < -0.3 is 5.32 Å². The fourth-order valence-electron chi connectivity index (χ4n) is 2.71. The number of primary sulfonamides is 1. The van der Waals surface area contributed by atoms with Crippen molar-refractivity contribution >= 4 is 33.4 Å². The van der Waals surface area contributed by atoms with Gasteiger partial charge in [0.25, 0.3) is 0 Å². The third-order valence-corrected chi connectivity index (χ3v) is 6.12. The van der Waals surface area contributed by atoms with Crippen molar-refractivity contribution in [1.29, 1.82) is 0 Å². The Morgan fingerprint density at radius 1 is 1.04 bits per heavy atom. The van der Waals surface area contributed by atoms with Crippen LogP contribution in [0.4, 0.5) is 5.69 Å².